The molecule has 0 unspecified atom stereocenters. The van der Waals surface area contributed by atoms with Crippen LogP contribution in [0.1, 0.15) is 5.56 Å². The highest BCUT2D eigenvalue weighted by Crippen LogP contribution is 2.31. The van der Waals surface area contributed by atoms with Crippen LogP contribution < -0.4 is 20.1 Å². The number of carbonyl (C=O) groups is 2. The van der Waals surface area contributed by atoms with Crippen molar-refractivity contribution < 1.29 is 35.9 Å². The molecule has 3 N–H and O–H groups in total. The fourth-order valence-corrected chi connectivity index (χ4v) is 3.46. The van der Waals surface area contributed by atoms with E-state index in [1.165, 1.54) is 24.3 Å². The third-order valence-electron chi connectivity index (χ3n) is 3.89. The van der Waals surface area contributed by atoms with Crippen molar-refractivity contribution in [2.75, 3.05) is 6.54 Å². The molecule has 8 nitrogen and oxygen atoms in total. The Kier molecular flexibility index (Phi) is 5.48. The van der Waals surface area contributed by atoms with E-state index in [0.717, 1.165) is 24.3 Å². The first-order valence-electron chi connectivity index (χ1n) is 8.11. The molecule has 0 bridgehead atoms. The van der Waals surface area contributed by atoms with Crippen LogP contribution in [0.2, 0.25) is 0 Å². The number of benzene rings is 2. The van der Waals surface area contributed by atoms with E-state index in [9.17, 15) is 31.2 Å². The molecule has 1 heterocycles. The molecule has 1 aliphatic heterocycles. The summed E-state index contributed by atoms with van der Waals surface area (Å²) in [6, 6.07) is 7.44. The van der Waals surface area contributed by atoms with Crippen molar-refractivity contribution in [1.29, 1.82) is 0 Å². The van der Waals surface area contributed by atoms with Gasteiger partial charge in [-0.1, -0.05) is 0 Å². The smallest absolute Gasteiger partial charge is 0.416 e. The molecule has 1 fully saturated rings. The molecule has 0 aromatic heterocycles. The fourth-order valence-electron chi connectivity index (χ4n) is 2.41. The maximum atomic E-state index is 12.6. The molecule has 154 valence electrons. The first kappa shape index (κ1) is 20.6. The first-order valence-corrected chi connectivity index (χ1v) is 9.59. The van der Waals surface area contributed by atoms with Crippen molar-refractivity contribution in [2.45, 2.75) is 17.1 Å². The van der Waals surface area contributed by atoms with E-state index >= 15 is 0 Å². The zero-order valence-corrected chi connectivity index (χ0v) is 15.3. The minimum Gasteiger partial charge on any atom is -0.457 e. The average Bonchev–Trinajstić information content (AvgIpc) is 2.97. The van der Waals surface area contributed by atoms with Gasteiger partial charge < -0.3 is 10.1 Å². The standard InChI is InChI=1S/C17H14F3N3O5S/c18-17(19,20)10-1-3-11(4-2-10)28-12-5-7-13(8-6-12)29(26,27)21-9-14-15(24)23-16(25)22-14/h1-8,14,21H,9H2,(H2,22,23,24,25)/t14-/m0/s1. The molecular formula is C17H14F3N3O5S. The summed E-state index contributed by atoms with van der Waals surface area (Å²) in [6.45, 7) is -0.330. The van der Waals surface area contributed by atoms with Crippen LogP contribution in [0.15, 0.2) is 53.4 Å². The number of hydrogen-bond acceptors (Lipinski definition) is 5. The van der Waals surface area contributed by atoms with Gasteiger partial charge in [0.15, 0.2) is 0 Å². The molecule has 1 saturated heterocycles. The van der Waals surface area contributed by atoms with Crippen molar-refractivity contribution in [3.8, 4) is 11.5 Å². The van der Waals surface area contributed by atoms with Gasteiger partial charge in [0, 0.05) is 6.54 Å². The molecule has 1 aliphatic rings. The average molecular weight is 429 g/mol. The summed E-state index contributed by atoms with van der Waals surface area (Å²) in [5.41, 5.74) is -0.815. The van der Waals surface area contributed by atoms with E-state index < -0.39 is 39.7 Å². The number of hydrogen-bond donors (Lipinski definition) is 3. The summed E-state index contributed by atoms with van der Waals surface area (Å²) >= 11 is 0. The largest absolute Gasteiger partial charge is 0.457 e. The third kappa shape index (κ3) is 5.03. The summed E-state index contributed by atoms with van der Waals surface area (Å²) in [7, 11) is -3.96. The quantitative estimate of drug-likeness (QED) is 0.608. The van der Waals surface area contributed by atoms with Crippen LogP contribution >= 0.6 is 0 Å². The van der Waals surface area contributed by atoms with Crippen molar-refractivity contribution in [1.82, 2.24) is 15.4 Å². The van der Waals surface area contributed by atoms with Crippen molar-refractivity contribution in [3.63, 3.8) is 0 Å². The Balaban J connectivity index is 1.63. The molecule has 3 rings (SSSR count). The zero-order chi connectivity index (χ0) is 21.2. The molecule has 1 atom stereocenters. The summed E-state index contributed by atoms with van der Waals surface area (Å²) in [6.07, 6.45) is -4.45. The Morgan fingerprint density at radius 1 is 0.966 bits per heavy atom. The number of amides is 3. The van der Waals surface area contributed by atoms with Gasteiger partial charge in [-0.25, -0.2) is 17.9 Å². The number of ether oxygens (including phenoxy) is 1. The van der Waals surface area contributed by atoms with Gasteiger partial charge in [0.1, 0.15) is 17.5 Å². The fraction of sp³-hybridized carbons (Fsp3) is 0.176. The Labute approximate surface area is 163 Å². The number of rotatable bonds is 6. The van der Waals surface area contributed by atoms with Gasteiger partial charge in [-0.3, -0.25) is 10.1 Å². The van der Waals surface area contributed by atoms with Crippen LogP contribution in [0, 0.1) is 0 Å². The predicted molar refractivity (Wildman–Crippen MR) is 93.6 cm³/mol. The van der Waals surface area contributed by atoms with Crippen LogP contribution in [0.25, 0.3) is 0 Å². The number of imide groups is 1. The van der Waals surface area contributed by atoms with Gasteiger partial charge in [0.05, 0.1) is 10.5 Å². The number of sulfonamides is 1. The molecule has 0 radical (unpaired) electrons. The zero-order valence-electron chi connectivity index (χ0n) is 14.5. The summed E-state index contributed by atoms with van der Waals surface area (Å²) in [5.74, 6) is -0.279. The summed E-state index contributed by atoms with van der Waals surface area (Å²) in [4.78, 5) is 22.3. The maximum absolute atomic E-state index is 12.6. The van der Waals surface area contributed by atoms with Gasteiger partial charge in [0.2, 0.25) is 10.0 Å². The van der Waals surface area contributed by atoms with Gasteiger partial charge in [-0.2, -0.15) is 13.2 Å². The van der Waals surface area contributed by atoms with Crippen LogP contribution in [-0.4, -0.2) is 32.9 Å². The van der Waals surface area contributed by atoms with Gasteiger partial charge in [0.25, 0.3) is 5.91 Å². The molecule has 3 amide bonds. The van der Waals surface area contributed by atoms with Crippen molar-refractivity contribution >= 4 is 22.0 Å². The molecule has 2 aromatic carbocycles. The molecular weight excluding hydrogens is 415 g/mol. The van der Waals surface area contributed by atoms with E-state index in [0.29, 0.717) is 0 Å². The molecule has 12 heteroatoms. The Morgan fingerprint density at radius 3 is 2.00 bits per heavy atom. The van der Waals surface area contributed by atoms with E-state index in [-0.39, 0.29) is 22.9 Å². The van der Waals surface area contributed by atoms with Gasteiger partial charge in [-0.15, -0.1) is 0 Å². The lowest BCUT2D eigenvalue weighted by molar-refractivity contribution is -0.137. The lowest BCUT2D eigenvalue weighted by Gasteiger charge is -2.11. The highest BCUT2D eigenvalue weighted by atomic mass is 32.2. The number of urea groups is 1. The minimum absolute atomic E-state index is 0.123. The second-order valence-electron chi connectivity index (χ2n) is 5.96. The van der Waals surface area contributed by atoms with Crippen molar-refractivity contribution in [2.24, 2.45) is 0 Å². The van der Waals surface area contributed by atoms with E-state index in [1.807, 2.05) is 5.32 Å². The molecule has 2 aromatic rings. The molecule has 29 heavy (non-hydrogen) atoms. The number of alkyl halides is 3. The van der Waals surface area contributed by atoms with E-state index in [4.69, 9.17) is 4.74 Å². The lowest BCUT2D eigenvalue weighted by Crippen LogP contribution is -2.41. The Bertz CT molecular complexity index is 1020. The molecule has 0 saturated carbocycles. The Morgan fingerprint density at radius 2 is 1.52 bits per heavy atom. The first-order chi connectivity index (χ1) is 13.5. The summed E-state index contributed by atoms with van der Waals surface area (Å²) in [5, 5.41) is 4.24. The normalized spacial score (nSPS) is 17.0. The van der Waals surface area contributed by atoms with E-state index in [1.54, 1.807) is 0 Å². The second kappa shape index (κ2) is 7.72. The van der Waals surface area contributed by atoms with Gasteiger partial charge in [-0.05, 0) is 48.5 Å². The van der Waals surface area contributed by atoms with E-state index in [2.05, 4.69) is 10.0 Å². The summed E-state index contributed by atoms with van der Waals surface area (Å²) < 4.78 is 69.8. The highest BCUT2D eigenvalue weighted by Gasteiger charge is 2.31. The molecule has 0 aliphatic carbocycles. The number of carbonyl (C=O) groups excluding carboxylic acids is 2. The van der Waals surface area contributed by atoms with Crippen LogP contribution in [0.4, 0.5) is 18.0 Å². The topological polar surface area (TPSA) is 114 Å². The van der Waals surface area contributed by atoms with Crippen molar-refractivity contribution in [3.05, 3.63) is 54.1 Å². The lowest BCUT2D eigenvalue weighted by atomic mass is 10.2. The van der Waals surface area contributed by atoms with Crippen LogP contribution in [0.3, 0.4) is 0 Å². The van der Waals surface area contributed by atoms with Crippen LogP contribution in [0.5, 0.6) is 11.5 Å². The second-order valence-corrected chi connectivity index (χ2v) is 7.73. The third-order valence-corrected chi connectivity index (χ3v) is 5.33. The van der Waals surface area contributed by atoms with Gasteiger partial charge >= 0.3 is 12.2 Å². The Hall–Kier alpha value is -3.12. The SMILES string of the molecule is O=C1NC(=O)[C@H](CNS(=O)(=O)c2ccc(Oc3ccc(C(F)(F)F)cc3)cc2)N1. The monoisotopic (exact) mass is 429 g/mol. The minimum atomic E-state index is -4.45. The predicted octanol–water partition coefficient (Wildman–Crippen LogP) is 1.98. The molecule has 0 spiro atoms. The highest BCUT2D eigenvalue weighted by molar-refractivity contribution is 7.89. The number of halogens is 3. The maximum Gasteiger partial charge on any atom is 0.416 e. The van der Waals surface area contributed by atoms with Crippen LogP contribution in [-0.2, 0) is 21.0 Å². The number of nitrogens with one attached hydrogen (secondary N) is 3.